The summed E-state index contributed by atoms with van der Waals surface area (Å²) in [4.78, 5) is 0. The third-order valence-electron chi connectivity index (χ3n) is 1.48. The van der Waals surface area contributed by atoms with E-state index in [9.17, 15) is 4.57 Å². The Hall–Kier alpha value is 0.460. The van der Waals surface area contributed by atoms with E-state index < -0.39 is 12.8 Å². The Balaban J connectivity index is 2.58. The zero-order chi connectivity index (χ0) is 9.73. The fourth-order valence-corrected chi connectivity index (χ4v) is 4.37. The first-order valence-electron chi connectivity index (χ1n) is 4.35. The summed E-state index contributed by atoms with van der Waals surface area (Å²) in [5, 5.41) is -0.424. The molecule has 0 bridgehead atoms. The van der Waals surface area contributed by atoms with Crippen LogP contribution < -0.4 is 0 Å². The third kappa shape index (κ3) is 2.96. The molecule has 0 aromatic carbocycles. The lowest BCUT2D eigenvalue weighted by atomic mass is 10.9. The predicted molar refractivity (Wildman–Crippen MR) is 53.1 cm³/mol. The summed E-state index contributed by atoms with van der Waals surface area (Å²) >= 11 is 1.49. The Morgan fingerprint density at radius 2 is 2.08 bits per heavy atom. The Morgan fingerprint density at radius 3 is 2.46 bits per heavy atom. The summed E-state index contributed by atoms with van der Waals surface area (Å²) in [6.07, 6.45) is 0. The van der Waals surface area contributed by atoms with Crippen molar-refractivity contribution in [3.63, 3.8) is 0 Å². The normalized spacial score (nSPS) is 23.7. The molecule has 0 amide bonds. The standard InChI is InChI=1S/C7H15O4PS/c1-3-10-12(8,11-4-2)7-9-5-6-13-7/h7H,3-6H2,1-2H3. The van der Waals surface area contributed by atoms with E-state index in [1.807, 2.05) is 0 Å². The van der Waals surface area contributed by atoms with Crippen LogP contribution in [0.1, 0.15) is 13.8 Å². The second kappa shape index (κ2) is 5.37. The zero-order valence-electron chi connectivity index (χ0n) is 7.89. The molecule has 1 unspecified atom stereocenters. The van der Waals surface area contributed by atoms with Gasteiger partial charge in [0.15, 0.2) is 0 Å². The number of rotatable bonds is 5. The SMILES string of the molecule is CCOP(=O)(OCC)C1OCCS1. The molecule has 0 aliphatic carbocycles. The minimum absolute atomic E-state index is 0.387. The number of thioether (sulfide) groups is 1. The van der Waals surface area contributed by atoms with Crippen molar-refractivity contribution in [1.29, 1.82) is 0 Å². The molecule has 1 fully saturated rings. The van der Waals surface area contributed by atoms with Gasteiger partial charge in [0.2, 0.25) is 5.18 Å². The lowest BCUT2D eigenvalue weighted by Gasteiger charge is -2.21. The van der Waals surface area contributed by atoms with E-state index in [2.05, 4.69) is 0 Å². The number of hydrogen-bond acceptors (Lipinski definition) is 5. The van der Waals surface area contributed by atoms with Gasteiger partial charge in [0, 0.05) is 5.75 Å². The number of ether oxygens (including phenoxy) is 1. The van der Waals surface area contributed by atoms with Gasteiger partial charge in [0.05, 0.1) is 19.8 Å². The molecule has 13 heavy (non-hydrogen) atoms. The molecular weight excluding hydrogens is 211 g/mol. The first-order chi connectivity index (χ1) is 6.23. The van der Waals surface area contributed by atoms with Crippen molar-refractivity contribution in [2.45, 2.75) is 19.0 Å². The van der Waals surface area contributed by atoms with Crippen LogP contribution in [0.4, 0.5) is 0 Å². The van der Waals surface area contributed by atoms with E-state index in [4.69, 9.17) is 13.8 Å². The third-order valence-corrected chi connectivity index (χ3v) is 5.43. The van der Waals surface area contributed by atoms with Gasteiger partial charge in [0.25, 0.3) is 0 Å². The summed E-state index contributed by atoms with van der Waals surface area (Å²) in [5.74, 6) is 0.856. The summed E-state index contributed by atoms with van der Waals surface area (Å²) in [5.41, 5.74) is 0. The Labute approximate surface area is 82.8 Å². The highest BCUT2D eigenvalue weighted by Gasteiger charge is 2.39. The van der Waals surface area contributed by atoms with Gasteiger partial charge in [-0.15, -0.1) is 11.8 Å². The molecule has 1 rings (SSSR count). The van der Waals surface area contributed by atoms with E-state index in [0.717, 1.165) is 5.75 Å². The van der Waals surface area contributed by atoms with Gasteiger partial charge in [0.1, 0.15) is 0 Å². The highest BCUT2D eigenvalue weighted by molar-refractivity contribution is 8.05. The van der Waals surface area contributed by atoms with Crippen molar-refractivity contribution in [3.05, 3.63) is 0 Å². The van der Waals surface area contributed by atoms with Crippen molar-refractivity contribution in [1.82, 2.24) is 0 Å². The molecule has 78 valence electrons. The molecule has 1 heterocycles. The van der Waals surface area contributed by atoms with Crippen LogP contribution in [0.15, 0.2) is 0 Å². The average molecular weight is 226 g/mol. The molecule has 0 aromatic rings. The number of hydrogen-bond donors (Lipinski definition) is 0. The van der Waals surface area contributed by atoms with Crippen molar-refractivity contribution in [3.8, 4) is 0 Å². The molecule has 4 nitrogen and oxygen atoms in total. The van der Waals surface area contributed by atoms with Crippen LogP contribution in [0, 0.1) is 0 Å². The maximum absolute atomic E-state index is 12.0. The smallest absolute Gasteiger partial charge is 0.354 e. The first-order valence-corrected chi connectivity index (χ1v) is 7.01. The van der Waals surface area contributed by atoms with Crippen LogP contribution >= 0.6 is 19.4 Å². The Bertz CT molecular complexity index is 183. The molecule has 0 saturated carbocycles. The molecule has 1 aliphatic rings. The molecule has 1 atom stereocenters. The topological polar surface area (TPSA) is 44.8 Å². The van der Waals surface area contributed by atoms with Gasteiger partial charge < -0.3 is 13.8 Å². The predicted octanol–water partition coefficient (Wildman–Crippen LogP) is 2.30. The van der Waals surface area contributed by atoms with Gasteiger partial charge in [-0.3, -0.25) is 4.57 Å². The van der Waals surface area contributed by atoms with E-state index in [-0.39, 0.29) is 0 Å². The van der Waals surface area contributed by atoms with Crippen LogP contribution in [-0.2, 0) is 18.3 Å². The van der Waals surface area contributed by atoms with E-state index >= 15 is 0 Å². The summed E-state index contributed by atoms with van der Waals surface area (Å²) < 4.78 is 27.6. The second-order valence-corrected chi connectivity index (χ2v) is 6.01. The quantitative estimate of drug-likeness (QED) is 0.673. The summed E-state index contributed by atoms with van der Waals surface area (Å²) in [7, 11) is -3.03. The summed E-state index contributed by atoms with van der Waals surface area (Å²) in [6, 6.07) is 0. The molecule has 0 spiro atoms. The van der Waals surface area contributed by atoms with Crippen molar-refractivity contribution in [2.24, 2.45) is 0 Å². The van der Waals surface area contributed by atoms with Crippen molar-refractivity contribution < 1.29 is 18.3 Å². The lowest BCUT2D eigenvalue weighted by Crippen LogP contribution is -2.09. The minimum atomic E-state index is -3.03. The van der Waals surface area contributed by atoms with Gasteiger partial charge in [-0.25, -0.2) is 0 Å². The van der Waals surface area contributed by atoms with Crippen molar-refractivity contribution in [2.75, 3.05) is 25.6 Å². The second-order valence-electron chi connectivity index (χ2n) is 2.42. The van der Waals surface area contributed by atoms with Crippen LogP contribution in [0.2, 0.25) is 0 Å². The van der Waals surface area contributed by atoms with Crippen LogP contribution in [0.5, 0.6) is 0 Å². The van der Waals surface area contributed by atoms with Crippen LogP contribution in [0.3, 0.4) is 0 Å². The first kappa shape index (κ1) is 11.5. The maximum Gasteiger partial charge on any atom is 0.369 e. The highest BCUT2D eigenvalue weighted by Crippen LogP contribution is 2.58. The molecule has 0 radical (unpaired) electrons. The molecule has 0 aromatic heterocycles. The van der Waals surface area contributed by atoms with Gasteiger partial charge >= 0.3 is 7.60 Å². The van der Waals surface area contributed by atoms with Gasteiger partial charge in [-0.05, 0) is 13.8 Å². The Kier molecular flexibility index (Phi) is 4.76. The average Bonchev–Trinajstić information content (AvgIpc) is 2.57. The molecule has 1 saturated heterocycles. The molecule has 6 heteroatoms. The molecular formula is C7H15O4PS. The minimum Gasteiger partial charge on any atom is -0.354 e. The van der Waals surface area contributed by atoms with Crippen LogP contribution in [-0.4, -0.2) is 30.8 Å². The van der Waals surface area contributed by atoms with Crippen LogP contribution in [0.25, 0.3) is 0 Å². The maximum atomic E-state index is 12.0. The van der Waals surface area contributed by atoms with E-state index in [0.29, 0.717) is 19.8 Å². The highest BCUT2D eigenvalue weighted by atomic mass is 32.2. The Morgan fingerprint density at radius 1 is 1.46 bits per heavy atom. The van der Waals surface area contributed by atoms with E-state index in [1.165, 1.54) is 11.8 Å². The zero-order valence-corrected chi connectivity index (χ0v) is 9.61. The van der Waals surface area contributed by atoms with Crippen molar-refractivity contribution >= 4 is 19.4 Å². The van der Waals surface area contributed by atoms with E-state index in [1.54, 1.807) is 13.8 Å². The van der Waals surface area contributed by atoms with Gasteiger partial charge in [-0.1, -0.05) is 0 Å². The lowest BCUT2D eigenvalue weighted by molar-refractivity contribution is 0.136. The fraction of sp³-hybridized carbons (Fsp3) is 1.00. The molecule has 1 aliphatic heterocycles. The van der Waals surface area contributed by atoms with Gasteiger partial charge in [-0.2, -0.15) is 0 Å². The monoisotopic (exact) mass is 226 g/mol. The fourth-order valence-electron chi connectivity index (χ4n) is 1.05. The molecule has 0 N–H and O–H groups in total. The largest absolute Gasteiger partial charge is 0.369 e. The summed E-state index contributed by atoms with van der Waals surface area (Å²) in [6.45, 7) is 4.99.